The van der Waals surface area contributed by atoms with E-state index in [-0.39, 0.29) is 36.4 Å². The van der Waals surface area contributed by atoms with Gasteiger partial charge in [0.15, 0.2) is 0 Å². The maximum Gasteiger partial charge on any atom is 0.305 e. The van der Waals surface area contributed by atoms with Gasteiger partial charge in [-0.25, -0.2) is 17.2 Å². The Labute approximate surface area is 241 Å². The number of anilines is 2. The first-order valence-corrected chi connectivity index (χ1v) is 14.6. The van der Waals surface area contributed by atoms with Gasteiger partial charge in [0.25, 0.3) is 10.0 Å². The van der Waals surface area contributed by atoms with Crippen molar-refractivity contribution in [2.75, 3.05) is 16.2 Å². The average Bonchev–Trinajstić information content (AvgIpc) is 3.37. The van der Waals surface area contributed by atoms with E-state index in [0.717, 1.165) is 16.4 Å². The SMILES string of the molecule is O=C(O)CCNc1ccccc1CNC(=O)[C@@H]1Cc2ccccc2N1S(=O)(=O)c1ccc(-c2ccc(F)cc2F)cc1. The number of benzene rings is 4. The molecule has 0 spiro atoms. The number of amides is 1. The molecule has 5 rings (SSSR count). The number of para-hydroxylation sites is 2. The van der Waals surface area contributed by atoms with E-state index in [2.05, 4.69) is 10.6 Å². The zero-order chi connectivity index (χ0) is 29.9. The van der Waals surface area contributed by atoms with Crippen molar-refractivity contribution in [2.24, 2.45) is 0 Å². The van der Waals surface area contributed by atoms with Gasteiger partial charge in [0, 0.05) is 36.8 Å². The number of carbonyl (C=O) groups is 2. The van der Waals surface area contributed by atoms with Gasteiger partial charge >= 0.3 is 5.97 Å². The summed E-state index contributed by atoms with van der Waals surface area (Å²) in [6.45, 7) is 0.296. The molecule has 1 aliphatic rings. The minimum atomic E-state index is -4.22. The van der Waals surface area contributed by atoms with Gasteiger partial charge in [0.05, 0.1) is 17.0 Å². The number of fused-ring (bicyclic) bond motifs is 1. The summed E-state index contributed by atoms with van der Waals surface area (Å²) in [6.07, 6.45) is 0.0896. The Hall–Kier alpha value is -4.77. The van der Waals surface area contributed by atoms with Crippen LogP contribution in [-0.4, -0.2) is 38.0 Å². The van der Waals surface area contributed by atoms with Crippen LogP contribution in [0.25, 0.3) is 11.1 Å². The number of halogens is 2. The van der Waals surface area contributed by atoms with Gasteiger partial charge in [-0.15, -0.1) is 0 Å². The van der Waals surface area contributed by atoms with Crippen molar-refractivity contribution in [3.05, 3.63) is 114 Å². The van der Waals surface area contributed by atoms with Gasteiger partial charge in [0.1, 0.15) is 17.7 Å². The van der Waals surface area contributed by atoms with Crippen molar-refractivity contribution in [3.63, 3.8) is 0 Å². The number of carbonyl (C=O) groups excluding carboxylic acids is 1. The number of carboxylic acid groups (broad SMARTS) is 1. The summed E-state index contributed by atoms with van der Waals surface area (Å²) >= 11 is 0. The Morgan fingerprint density at radius 1 is 0.929 bits per heavy atom. The predicted molar refractivity (Wildman–Crippen MR) is 154 cm³/mol. The van der Waals surface area contributed by atoms with E-state index >= 15 is 0 Å². The van der Waals surface area contributed by atoms with Crippen LogP contribution in [0.5, 0.6) is 0 Å². The fraction of sp³-hybridized carbons (Fsp3) is 0.161. The molecule has 3 N–H and O–H groups in total. The second-order valence-corrected chi connectivity index (χ2v) is 11.6. The first-order chi connectivity index (χ1) is 20.1. The van der Waals surface area contributed by atoms with Crippen LogP contribution < -0.4 is 14.9 Å². The standard InChI is InChI=1S/C31H27F2N3O5S/c32-23-11-14-25(26(33)18-23)20-9-12-24(13-10-20)42(40,41)36-28-8-4-2-5-21(28)17-29(36)31(39)35-19-22-6-1-3-7-27(22)34-16-15-30(37)38/h1-14,18,29,34H,15-17,19H2,(H,35,39)(H,37,38)/t29-/m0/s1. The summed E-state index contributed by atoms with van der Waals surface area (Å²) in [6, 6.07) is 21.7. The van der Waals surface area contributed by atoms with Crippen molar-refractivity contribution in [2.45, 2.75) is 30.3 Å². The predicted octanol–water partition coefficient (Wildman–Crippen LogP) is 4.95. The molecule has 11 heteroatoms. The molecule has 0 radical (unpaired) electrons. The Kier molecular flexibility index (Phi) is 8.21. The maximum absolute atomic E-state index is 14.3. The van der Waals surface area contributed by atoms with E-state index in [4.69, 9.17) is 5.11 Å². The summed E-state index contributed by atoms with van der Waals surface area (Å²) in [5.74, 6) is -2.92. The van der Waals surface area contributed by atoms with E-state index in [1.165, 1.54) is 30.3 Å². The van der Waals surface area contributed by atoms with E-state index in [1.807, 2.05) is 0 Å². The summed E-state index contributed by atoms with van der Waals surface area (Å²) < 4.78 is 56.6. The monoisotopic (exact) mass is 591 g/mol. The molecule has 1 heterocycles. The first kappa shape index (κ1) is 28.7. The number of carboxylic acids is 1. The van der Waals surface area contributed by atoms with Crippen LogP contribution in [0.1, 0.15) is 17.5 Å². The van der Waals surface area contributed by atoms with Gasteiger partial charge < -0.3 is 15.7 Å². The quantitative estimate of drug-likeness (QED) is 0.240. The minimum absolute atomic E-state index is 0.0757. The zero-order valence-corrected chi connectivity index (χ0v) is 23.1. The number of hydrogen-bond acceptors (Lipinski definition) is 5. The third-order valence-electron chi connectivity index (χ3n) is 7.01. The summed E-state index contributed by atoms with van der Waals surface area (Å²) in [4.78, 5) is 24.3. The molecule has 0 bridgehead atoms. The molecule has 0 saturated heterocycles. The number of rotatable bonds is 10. The number of sulfonamides is 1. The van der Waals surface area contributed by atoms with Gasteiger partial charge in [-0.3, -0.25) is 13.9 Å². The molecule has 0 unspecified atom stereocenters. The smallest absolute Gasteiger partial charge is 0.305 e. The van der Waals surface area contributed by atoms with Crippen molar-refractivity contribution >= 4 is 33.3 Å². The lowest BCUT2D eigenvalue weighted by atomic mass is 10.1. The van der Waals surface area contributed by atoms with Gasteiger partial charge in [0.2, 0.25) is 5.91 Å². The highest BCUT2D eigenvalue weighted by atomic mass is 32.2. The molecule has 8 nitrogen and oxygen atoms in total. The fourth-order valence-corrected chi connectivity index (χ4v) is 6.60. The minimum Gasteiger partial charge on any atom is -0.481 e. The highest BCUT2D eigenvalue weighted by Crippen LogP contribution is 2.37. The van der Waals surface area contributed by atoms with Crippen LogP contribution in [0, 0.1) is 11.6 Å². The van der Waals surface area contributed by atoms with Crippen LogP contribution >= 0.6 is 0 Å². The second kappa shape index (κ2) is 12.0. The summed E-state index contributed by atoms with van der Waals surface area (Å²) in [5, 5.41) is 14.8. The molecule has 1 aliphatic heterocycles. The molecule has 0 saturated carbocycles. The molecule has 0 aromatic heterocycles. The summed E-state index contributed by atoms with van der Waals surface area (Å²) in [7, 11) is -4.22. The molecular weight excluding hydrogens is 564 g/mol. The Bertz CT molecular complexity index is 1750. The van der Waals surface area contributed by atoms with Gasteiger partial charge in [-0.1, -0.05) is 48.5 Å². The van der Waals surface area contributed by atoms with E-state index in [1.54, 1.807) is 48.5 Å². The largest absolute Gasteiger partial charge is 0.481 e. The fourth-order valence-electron chi connectivity index (χ4n) is 4.95. The number of aliphatic carboxylic acids is 1. The van der Waals surface area contributed by atoms with E-state index < -0.39 is 39.6 Å². The van der Waals surface area contributed by atoms with Crippen LogP contribution in [0.3, 0.4) is 0 Å². The Morgan fingerprint density at radius 3 is 2.38 bits per heavy atom. The van der Waals surface area contributed by atoms with Crippen LogP contribution in [0.15, 0.2) is 95.9 Å². The molecule has 0 aliphatic carbocycles. The van der Waals surface area contributed by atoms with Gasteiger partial charge in [-0.05, 0) is 53.1 Å². The Balaban J connectivity index is 1.38. The number of nitrogens with one attached hydrogen (secondary N) is 2. The van der Waals surface area contributed by atoms with Crippen molar-refractivity contribution in [3.8, 4) is 11.1 Å². The normalized spacial score (nSPS) is 14.3. The van der Waals surface area contributed by atoms with Crippen LogP contribution in [0.2, 0.25) is 0 Å². The topological polar surface area (TPSA) is 116 Å². The summed E-state index contributed by atoms with van der Waals surface area (Å²) in [5.41, 5.74) is 2.96. The second-order valence-electron chi connectivity index (χ2n) is 9.74. The van der Waals surface area contributed by atoms with Crippen molar-refractivity contribution in [1.29, 1.82) is 0 Å². The highest BCUT2D eigenvalue weighted by Gasteiger charge is 2.42. The third kappa shape index (κ3) is 5.96. The Morgan fingerprint density at radius 2 is 1.64 bits per heavy atom. The highest BCUT2D eigenvalue weighted by molar-refractivity contribution is 7.93. The average molecular weight is 592 g/mol. The maximum atomic E-state index is 14.3. The third-order valence-corrected chi connectivity index (χ3v) is 8.84. The van der Waals surface area contributed by atoms with Crippen molar-refractivity contribution in [1.82, 2.24) is 5.32 Å². The number of hydrogen-bond donors (Lipinski definition) is 3. The molecular formula is C31H27F2N3O5S. The van der Waals surface area contributed by atoms with Gasteiger partial charge in [-0.2, -0.15) is 0 Å². The zero-order valence-electron chi connectivity index (χ0n) is 22.3. The van der Waals surface area contributed by atoms with E-state index in [0.29, 0.717) is 28.1 Å². The first-order valence-electron chi connectivity index (χ1n) is 13.1. The van der Waals surface area contributed by atoms with Crippen LogP contribution in [-0.2, 0) is 32.6 Å². The molecule has 1 amide bonds. The molecule has 1 atom stereocenters. The van der Waals surface area contributed by atoms with Crippen LogP contribution in [0.4, 0.5) is 20.2 Å². The molecule has 0 fully saturated rings. The van der Waals surface area contributed by atoms with Crippen molar-refractivity contribution < 1.29 is 31.9 Å². The number of nitrogens with zero attached hydrogens (tertiary/aromatic N) is 1. The molecule has 4 aromatic carbocycles. The molecule has 216 valence electrons. The molecule has 4 aromatic rings. The lowest BCUT2D eigenvalue weighted by Gasteiger charge is -2.26. The molecule has 42 heavy (non-hydrogen) atoms. The lowest BCUT2D eigenvalue weighted by molar-refractivity contribution is -0.136. The lowest BCUT2D eigenvalue weighted by Crippen LogP contribution is -2.47. The van der Waals surface area contributed by atoms with E-state index in [9.17, 15) is 26.8 Å².